The highest BCUT2D eigenvalue weighted by Crippen LogP contribution is 2.21. The average molecular weight is 239 g/mol. The van der Waals surface area contributed by atoms with Crippen LogP contribution in [0, 0.1) is 5.92 Å². The van der Waals surface area contributed by atoms with E-state index >= 15 is 0 Å². The largest absolute Gasteiger partial charge is 0.368 e. The summed E-state index contributed by atoms with van der Waals surface area (Å²) in [6.45, 7) is 5.46. The van der Waals surface area contributed by atoms with Crippen LogP contribution in [-0.4, -0.2) is 22.5 Å². The number of hydrogen-bond acceptors (Lipinski definition) is 4. The first-order chi connectivity index (χ1) is 7.94. The van der Waals surface area contributed by atoms with Crippen molar-refractivity contribution in [1.29, 1.82) is 0 Å². The molecule has 0 radical (unpaired) electrons. The number of nitrogens with zero attached hydrogens (tertiary/aromatic N) is 1. The standard InChI is InChI=1S/C11H17N3O3/c1-4-11(7(2)3,10(12)16)13-9(15)8-5-6-17-14-8/h5-7H,4H2,1-3H3,(H2,12,16)(H,13,15)/t11-/m0/s1. The van der Waals surface area contributed by atoms with E-state index in [9.17, 15) is 9.59 Å². The summed E-state index contributed by atoms with van der Waals surface area (Å²) >= 11 is 0. The van der Waals surface area contributed by atoms with Crippen molar-refractivity contribution >= 4 is 11.8 Å². The van der Waals surface area contributed by atoms with Crippen LogP contribution in [0.2, 0.25) is 0 Å². The lowest BCUT2D eigenvalue weighted by molar-refractivity contribution is -0.126. The van der Waals surface area contributed by atoms with Gasteiger partial charge in [0.25, 0.3) is 5.91 Å². The van der Waals surface area contributed by atoms with Gasteiger partial charge in [0.1, 0.15) is 11.8 Å². The Hall–Kier alpha value is -1.85. The van der Waals surface area contributed by atoms with Crippen molar-refractivity contribution in [3.8, 4) is 0 Å². The molecule has 94 valence electrons. The van der Waals surface area contributed by atoms with Crippen molar-refractivity contribution in [3.63, 3.8) is 0 Å². The summed E-state index contributed by atoms with van der Waals surface area (Å²) in [4.78, 5) is 23.4. The van der Waals surface area contributed by atoms with Gasteiger partial charge in [-0.15, -0.1) is 0 Å². The summed E-state index contributed by atoms with van der Waals surface area (Å²) in [7, 11) is 0. The molecule has 1 aromatic heterocycles. The van der Waals surface area contributed by atoms with Crippen LogP contribution < -0.4 is 11.1 Å². The van der Waals surface area contributed by atoms with E-state index in [0.717, 1.165) is 0 Å². The molecule has 0 bridgehead atoms. The Morgan fingerprint density at radius 1 is 1.59 bits per heavy atom. The maximum atomic E-state index is 11.8. The van der Waals surface area contributed by atoms with Gasteiger partial charge in [0, 0.05) is 6.07 Å². The highest BCUT2D eigenvalue weighted by Gasteiger charge is 2.40. The molecule has 6 heteroatoms. The predicted molar refractivity (Wildman–Crippen MR) is 61.0 cm³/mol. The quantitative estimate of drug-likeness (QED) is 0.789. The molecule has 0 aliphatic carbocycles. The third-order valence-corrected chi connectivity index (χ3v) is 2.99. The van der Waals surface area contributed by atoms with E-state index in [4.69, 9.17) is 5.73 Å². The van der Waals surface area contributed by atoms with E-state index < -0.39 is 17.4 Å². The Balaban J connectivity index is 2.95. The van der Waals surface area contributed by atoms with Gasteiger partial charge in [-0.05, 0) is 12.3 Å². The second-order valence-electron chi connectivity index (χ2n) is 4.18. The molecule has 1 aromatic rings. The number of nitrogens with one attached hydrogen (secondary N) is 1. The van der Waals surface area contributed by atoms with E-state index in [0.29, 0.717) is 6.42 Å². The van der Waals surface area contributed by atoms with Crippen LogP contribution in [0.4, 0.5) is 0 Å². The zero-order chi connectivity index (χ0) is 13.1. The average Bonchev–Trinajstić information content (AvgIpc) is 2.77. The van der Waals surface area contributed by atoms with Crippen LogP contribution in [-0.2, 0) is 4.79 Å². The van der Waals surface area contributed by atoms with Crippen molar-refractivity contribution in [2.24, 2.45) is 11.7 Å². The molecule has 1 rings (SSSR count). The van der Waals surface area contributed by atoms with Gasteiger partial charge in [-0.25, -0.2) is 0 Å². The molecular weight excluding hydrogens is 222 g/mol. The van der Waals surface area contributed by atoms with Crippen molar-refractivity contribution < 1.29 is 14.1 Å². The zero-order valence-electron chi connectivity index (χ0n) is 10.2. The lowest BCUT2D eigenvalue weighted by Crippen LogP contribution is -2.60. The van der Waals surface area contributed by atoms with Gasteiger partial charge in [-0.1, -0.05) is 25.9 Å². The second-order valence-corrected chi connectivity index (χ2v) is 4.18. The van der Waals surface area contributed by atoms with Gasteiger partial charge < -0.3 is 15.6 Å². The van der Waals surface area contributed by atoms with Crippen LogP contribution in [0.5, 0.6) is 0 Å². The number of carbonyl (C=O) groups is 2. The van der Waals surface area contributed by atoms with E-state index in [1.54, 1.807) is 6.92 Å². The Kier molecular flexibility index (Phi) is 3.88. The van der Waals surface area contributed by atoms with E-state index in [1.807, 2.05) is 13.8 Å². The van der Waals surface area contributed by atoms with Crippen molar-refractivity contribution in [2.45, 2.75) is 32.7 Å². The number of nitrogens with two attached hydrogens (primary N) is 1. The Morgan fingerprint density at radius 3 is 2.59 bits per heavy atom. The van der Waals surface area contributed by atoms with Gasteiger partial charge in [0.15, 0.2) is 5.69 Å². The van der Waals surface area contributed by atoms with Crippen molar-refractivity contribution in [3.05, 3.63) is 18.0 Å². The molecule has 3 N–H and O–H groups in total. The van der Waals surface area contributed by atoms with Crippen LogP contribution in [0.3, 0.4) is 0 Å². The van der Waals surface area contributed by atoms with Gasteiger partial charge in [0.2, 0.25) is 5.91 Å². The molecular formula is C11H17N3O3. The normalized spacial score (nSPS) is 14.4. The molecule has 0 fully saturated rings. The Bertz CT molecular complexity index is 400. The number of hydrogen-bond donors (Lipinski definition) is 2. The lowest BCUT2D eigenvalue weighted by Gasteiger charge is -2.34. The molecule has 0 aliphatic rings. The van der Waals surface area contributed by atoms with Crippen LogP contribution in [0.1, 0.15) is 37.7 Å². The molecule has 1 atom stereocenters. The molecule has 0 saturated heterocycles. The lowest BCUT2D eigenvalue weighted by atomic mass is 9.83. The van der Waals surface area contributed by atoms with E-state index in [1.165, 1.54) is 12.3 Å². The smallest absolute Gasteiger partial charge is 0.274 e. The molecule has 1 heterocycles. The SMILES string of the molecule is CC[C@@](NC(=O)c1ccon1)(C(N)=O)C(C)C. The molecule has 6 nitrogen and oxygen atoms in total. The Morgan fingerprint density at radius 2 is 2.24 bits per heavy atom. The minimum absolute atomic E-state index is 0.110. The fourth-order valence-electron chi connectivity index (χ4n) is 1.76. The molecule has 0 aliphatic heterocycles. The van der Waals surface area contributed by atoms with Gasteiger partial charge in [-0.3, -0.25) is 9.59 Å². The summed E-state index contributed by atoms with van der Waals surface area (Å²) in [6.07, 6.45) is 1.71. The fraction of sp³-hybridized carbons (Fsp3) is 0.545. The minimum Gasteiger partial charge on any atom is -0.368 e. The van der Waals surface area contributed by atoms with Crippen LogP contribution in [0.15, 0.2) is 16.9 Å². The minimum atomic E-state index is -1.06. The summed E-state index contributed by atoms with van der Waals surface area (Å²) in [5.74, 6) is -1.12. The number of rotatable bonds is 5. The first-order valence-electron chi connectivity index (χ1n) is 5.46. The summed E-state index contributed by atoms with van der Waals surface area (Å²) in [5, 5.41) is 6.16. The number of carbonyl (C=O) groups excluding carboxylic acids is 2. The van der Waals surface area contributed by atoms with Gasteiger partial charge >= 0.3 is 0 Å². The maximum Gasteiger partial charge on any atom is 0.274 e. The van der Waals surface area contributed by atoms with E-state index in [-0.39, 0.29) is 11.6 Å². The van der Waals surface area contributed by atoms with E-state index in [2.05, 4.69) is 15.0 Å². The highest BCUT2D eigenvalue weighted by molar-refractivity contribution is 5.97. The predicted octanol–water partition coefficient (Wildman–Crippen LogP) is 0.694. The molecule has 17 heavy (non-hydrogen) atoms. The monoisotopic (exact) mass is 239 g/mol. The number of amides is 2. The van der Waals surface area contributed by atoms with Crippen molar-refractivity contribution in [2.75, 3.05) is 0 Å². The number of primary amides is 1. The third kappa shape index (κ3) is 2.46. The van der Waals surface area contributed by atoms with Crippen LogP contribution >= 0.6 is 0 Å². The highest BCUT2D eigenvalue weighted by atomic mass is 16.5. The second kappa shape index (κ2) is 4.99. The third-order valence-electron chi connectivity index (χ3n) is 2.99. The molecule has 0 aromatic carbocycles. The summed E-state index contributed by atoms with van der Waals surface area (Å²) in [5.41, 5.74) is 4.46. The van der Waals surface area contributed by atoms with Crippen molar-refractivity contribution in [1.82, 2.24) is 10.5 Å². The number of aromatic nitrogens is 1. The summed E-state index contributed by atoms with van der Waals surface area (Å²) in [6, 6.07) is 1.43. The molecule has 0 saturated carbocycles. The van der Waals surface area contributed by atoms with Gasteiger partial charge in [-0.2, -0.15) is 0 Å². The summed E-state index contributed by atoms with van der Waals surface area (Å²) < 4.78 is 4.58. The maximum absolute atomic E-state index is 11.8. The fourth-order valence-corrected chi connectivity index (χ4v) is 1.76. The Labute approximate surface area is 99.5 Å². The van der Waals surface area contributed by atoms with Crippen LogP contribution in [0.25, 0.3) is 0 Å². The molecule has 0 unspecified atom stereocenters. The zero-order valence-corrected chi connectivity index (χ0v) is 10.2. The molecule has 0 spiro atoms. The first kappa shape index (κ1) is 13.2. The first-order valence-corrected chi connectivity index (χ1v) is 5.46. The molecule has 2 amide bonds. The topological polar surface area (TPSA) is 98.2 Å². The van der Waals surface area contributed by atoms with Gasteiger partial charge in [0.05, 0.1) is 0 Å².